The number of tetrazole rings is 1. The Hall–Kier alpha value is -3.87. The van der Waals surface area contributed by atoms with Gasteiger partial charge in [0, 0.05) is 23.4 Å². The Bertz CT molecular complexity index is 1320. The molecule has 154 valence electrons. The number of aromatic nitrogens is 7. The van der Waals surface area contributed by atoms with Crippen molar-refractivity contribution in [1.82, 2.24) is 35.2 Å². The molecule has 0 atom stereocenters. The summed E-state index contributed by atoms with van der Waals surface area (Å²) >= 11 is 0. The van der Waals surface area contributed by atoms with Gasteiger partial charge >= 0.3 is 0 Å². The number of rotatable bonds is 6. The van der Waals surface area contributed by atoms with E-state index in [0.717, 1.165) is 64.3 Å². The molecule has 0 amide bonds. The van der Waals surface area contributed by atoms with E-state index in [4.69, 9.17) is 9.97 Å². The van der Waals surface area contributed by atoms with Gasteiger partial charge in [-0.15, -0.1) is 10.2 Å². The van der Waals surface area contributed by atoms with Crippen molar-refractivity contribution < 1.29 is 0 Å². The van der Waals surface area contributed by atoms with Gasteiger partial charge in [0.2, 0.25) is 5.82 Å². The number of pyridine rings is 1. The fraction of sp³-hybridized carbons (Fsp3) is 0.208. The van der Waals surface area contributed by atoms with E-state index >= 15 is 0 Å². The van der Waals surface area contributed by atoms with Crippen LogP contribution in [0.4, 0.5) is 0 Å². The topological polar surface area (TPSA) is 85.2 Å². The molecule has 3 aromatic heterocycles. The molecule has 0 aliphatic rings. The number of fused-ring (bicyclic) bond motifs is 1. The number of imidazole rings is 1. The lowest BCUT2D eigenvalue weighted by Gasteiger charge is -2.11. The largest absolute Gasteiger partial charge is 0.281 e. The molecule has 7 nitrogen and oxygen atoms in total. The smallest absolute Gasteiger partial charge is 0.205 e. The van der Waals surface area contributed by atoms with Gasteiger partial charge < -0.3 is 0 Å². The number of hydrogen-bond donors (Lipinski definition) is 1. The number of aromatic amines is 1. The third-order valence-electron chi connectivity index (χ3n) is 5.42. The van der Waals surface area contributed by atoms with Crippen LogP contribution < -0.4 is 0 Å². The summed E-state index contributed by atoms with van der Waals surface area (Å²) in [4.78, 5) is 9.65. The summed E-state index contributed by atoms with van der Waals surface area (Å²) in [5.41, 5.74) is 6.99. The predicted molar refractivity (Wildman–Crippen MR) is 121 cm³/mol. The molecule has 0 bridgehead atoms. The second kappa shape index (κ2) is 8.10. The molecule has 0 unspecified atom stereocenters. The predicted octanol–water partition coefficient (Wildman–Crippen LogP) is 4.92. The zero-order valence-corrected chi connectivity index (χ0v) is 17.6. The van der Waals surface area contributed by atoms with E-state index in [1.807, 2.05) is 31.2 Å². The van der Waals surface area contributed by atoms with E-state index in [1.165, 1.54) is 0 Å². The molecule has 0 fully saturated rings. The minimum atomic E-state index is 0.585. The standard InChI is InChI=1S/C24H23N7/c1-3-4-9-22-26-21-15-10-16(2)25-24(21)31(22)18-13-11-17(12-14-18)19-7-5-6-8-20(19)23-27-29-30-28-23/h5-8,10-15H,3-4,9H2,1-2H3,(H,27,28,29,30). The summed E-state index contributed by atoms with van der Waals surface area (Å²) in [5.74, 6) is 1.64. The fourth-order valence-corrected chi connectivity index (χ4v) is 3.87. The van der Waals surface area contributed by atoms with Crippen LogP contribution in [0.15, 0.2) is 60.7 Å². The minimum absolute atomic E-state index is 0.585. The number of hydrogen-bond acceptors (Lipinski definition) is 5. The first-order valence-corrected chi connectivity index (χ1v) is 10.5. The molecule has 0 saturated heterocycles. The summed E-state index contributed by atoms with van der Waals surface area (Å²) in [5, 5.41) is 14.5. The molecule has 0 saturated carbocycles. The van der Waals surface area contributed by atoms with Crippen LogP contribution in [0.5, 0.6) is 0 Å². The first-order chi connectivity index (χ1) is 15.2. The van der Waals surface area contributed by atoms with Gasteiger partial charge in [-0.3, -0.25) is 4.57 Å². The van der Waals surface area contributed by atoms with E-state index in [2.05, 4.69) is 68.5 Å². The van der Waals surface area contributed by atoms with Gasteiger partial charge in [-0.25, -0.2) is 9.97 Å². The third-order valence-corrected chi connectivity index (χ3v) is 5.42. The van der Waals surface area contributed by atoms with Crippen molar-refractivity contribution in [2.45, 2.75) is 33.1 Å². The summed E-state index contributed by atoms with van der Waals surface area (Å²) < 4.78 is 2.19. The average Bonchev–Trinajstić information content (AvgIpc) is 3.46. The van der Waals surface area contributed by atoms with Crippen molar-refractivity contribution in [2.24, 2.45) is 0 Å². The Labute approximate surface area is 180 Å². The molecule has 0 spiro atoms. The van der Waals surface area contributed by atoms with Gasteiger partial charge in [0.25, 0.3) is 0 Å². The molecule has 31 heavy (non-hydrogen) atoms. The number of benzene rings is 2. The Morgan fingerprint density at radius 1 is 0.903 bits per heavy atom. The Morgan fingerprint density at radius 2 is 1.71 bits per heavy atom. The van der Waals surface area contributed by atoms with E-state index in [0.29, 0.717) is 5.82 Å². The van der Waals surface area contributed by atoms with Crippen molar-refractivity contribution in [3.8, 4) is 28.2 Å². The Kier molecular flexibility index (Phi) is 5.00. The lowest BCUT2D eigenvalue weighted by Crippen LogP contribution is -2.02. The number of unbranched alkanes of at least 4 members (excludes halogenated alkanes) is 1. The molecule has 0 aliphatic carbocycles. The highest BCUT2D eigenvalue weighted by molar-refractivity contribution is 5.81. The monoisotopic (exact) mass is 409 g/mol. The van der Waals surface area contributed by atoms with Crippen LogP contribution in [-0.4, -0.2) is 35.2 Å². The normalized spacial score (nSPS) is 11.3. The zero-order valence-electron chi connectivity index (χ0n) is 17.6. The van der Waals surface area contributed by atoms with Crippen LogP contribution >= 0.6 is 0 Å². The highest BCUT2D eigenvalue weighted by atomic mass is 15.5. The van der Waals surface area contributed by atoms with E-state index in [-0.39, 0.29) is 0 Å². The lowest BCUT2D eigenvalue weighted by molar-refractivity contribution is 0.742. The maximum absolute atomic E-state index is 4.87. The first-order valence-electron chi connectivity index (χ1n) is 10.5. The Morgan fingerprint density at radius 3 is 2.45 bits per heavy atom. The van der Waals surface area contributed by atoms with Crippen molar-refractivity contribution in [2.75, 3.05) is 0 Å². The molecule has 5 aromatic rings. The molecule has 0 aliphatic heterocycles. The van der Waals surface area contributed by atoms with E-state index < -0.39 is 0 Å². The zero-order chi connectivity index (χ0) is 21.2. The van der Waals surface area contributed by atoms with Crippen LogP contribution in [0.2, 0.25) is 0 Å². The van der Waals surface area contributed by atoms with E-state index in [9.17, 15) is 0 Å². The maximum atomic E-state index is 4.87. The second-order valence-electron chi connectivity index (χ2n) is 7.59. The number of aryl methyl sites for hydroxylation is 2. The molecule has 0 radical (unpaired) electrons. The minimum Gasteiger partial charge on any atom is -0.281 e. The fourth-order valence-electron chi connectivity index (χ4n) is 3.87. The summed E-state index contributed by atoms with van der Waals surface area (Å²) in [6.45, 7) is 4.21. The van der Waals surface area contributed by atoms with Crippen LogP contribution in [0.25, 0.3) is 39.4 Å². The molecular weight excluding hydrogens is 386 g/mol. The van der Waals surface area contributed by atoms with Crippen LogP contribution in [0.3, 0.4) is 0 Å². The first kappa shape index (κ1) is 19.1. The van der Waals surface area contributed by atoms with Gasteiger partial charge in [0.05, 0.1) is 0 Å². The second-order valence-corrected chi connectivity index (χ2v) is 7.59. The van der Waals surface area contributed by atoms with Gasteiger partial charge in [-0.1, -0.05) is 49.7 Å². The quantitative estimate of drug-likeness (QED) is 0.430. The van der Waals surface area contributed by atoms with Crippen LogP contribution in [0, 0.1) is 6.92 Å². The maximum Gasteiger partial charge on any atom is 0.205 e. The van der Waals surface area contributed by atoms with Crippen molar-refractivity contribution >= 4 is 11.2 Å². The van der Waals surface area contributed by atoms with Crippen LogP contribution in [-0.2, 0) is 6.42 Å². The number of nitrogens with zero attached hydrogens (tertiary/aromatic N) is 6. The Balaban J connectivity index is 1.59. The molecular formula is C24H23N7. The molecule has 7 heteroatoms. The molecule has 5 rings (SSSR count). The van der Waals surface area contributed by atoms with Gasteiger partial charge in [-0.05, 0) is 54.0 Å². The van der Waals surface area contributed by atoms with Gasteiger partial charge in [0.1, 0.15) is 11.3 Å². The molecule has 3 heterocycles. The van der Waals surface area contributed by atoms with E-state index in [1.54, 1.807) is 0 Å². The van der Waals surface area contributed by atoms with Crippen LogP contribution in [0.1, 0.15) is 31.3 Å². The SMILES string of the molecule is CCCCc1nc2ccc(C)nc2n1-c1ccc(-c2ccccc2-c2nn[nH]n2)cc1. The summed E-state index contributed by atoms with van der Waals surface area (Å²) in [7, 11) is 0. The van der Waals surface area contributed by atoms with Crippen molar-refractivity contribution in [3.63, 3.8) is 0 Å². The number of nitrogens with one attached hydrogen (secondary N) is 1. The third kappa shape index (κ3) is 3.59. The highest BCUT2D eigenvalue weighted by Crippen LogP contribution is 2.31. The molecule has 2 aromatic carbocycles. The lowest BCUT2D eigenvalue weighted by atomic mass is 9.99. The van der Waals surface area contributed by atoms with Crippen molar-refractivity contribution in [1.29, 1.82) is 0 Å². The van der Waals surface area contributed by atoms with Gasteiger partial charge in [0.15, 0.2) is 5.65 Å². The van der Waals surface area contributed by atoms with Crippen molar-refractivity contribution in [3.05, 3.63) is 72.2 Å². The molecule has 1 N–H and O–H groups in total. The number of H-pyrrole nitrogens is 1. The van der Waals surface area contributed by atoms with Gasteiger partial charge in [-0.2, -0.15) is 5.21 Å². The average molecular weight is 409 g/mol. The summed E-state index contributed by atoms with van der Waals surface area (Å²) in [6, 6.07) is 20.7. The highest BCUT2D eigenvalue weighted by Gasteiger charge is 2.15. The summed E-state index contributed by atoms with van der Waals surface area (Å²) in [6.07, 6.45) is 3.15.